The molecule has 3 rings (SSSR count). The van der Waals surface area contributed by atoms with E-state index >= 15 is 0 Å². The molecule has 8 nitrogen and oxygen atoms in total. The van der Waals surface area contributed by atoms with Crippen LogP contribution in [0.3, 0.4) is 0 Å². The summed E-state index contributed by atoms with van der Waals surface area (Å²) in [7, 11) is 0. The van der Waals surface area contributed by atoms with Crippen molar-refractivity contribution in [1.29, 1.82) is 0 Å². The third kappa shape index (κ3) is 3.90. The molecule has 0 spiro atoms. The molecule has 3 aromatic heterocycles. The van der Waals surface area contributed by atoms with Crippen LogP contribution in [-0.2, 0) is 6.54 Å². The molecule has 26 heavy (non-hydrogen) atoms. The van der Waals surface area contributed by atoms with Gasteiger partial charge in [0.15, 0.2) is 5.82 Å². The second-order valence-corrected chi connectivity index (χ2v) is 5.75. The SMILES string of the molecule is Cc1ccnc(-c2n[nH]c(C(C)NC(=O)c3ccnn3CC(F)F)n2)c1. The molecule has 0 aliphatic heterocycles. The number of halogens is 2. The van der Waals surface area contributed by atoms with Gasteiger partial charge in [0.05, 0.1) is 6.04 Å². The molecule has 136 valence electrons. The Hall–Kier alpha value is -3.17. The van der Waals surface area contributed by atoms with Crippen LogP contribution in [0.1, 0.15) is 34.8 Å². The number of nitrogens with one attached hydrogen (secondary N) is 2. The van der Waals surface area contributed by atoms with Gasteiger partial charge in [0.1, 0.15) is 23.8 Å². The van der Waals surface area contributed by atoms with Gasteiger partial charge in [0.2, 0.25) is 0 Å². The highest BCUT2D eigenvalue weighted by Crippen LogP contribution is 2.16. The quantitative estimate of drug-likeness (QED) is 0.700. The molecular weight excluding hydrogens is 344 g/mol. The van der Waals surface area contributed by atoms with Crippen LogP contribution in [0.15, 0.2) is 30.6 Å². The van der Waals surface area contributed by atoms with E-state index in [1.54, 1.807) is 13.1 Å². The molecule has 0 aliphatic rings. The molecule has 0 fully saturated rings. The van der Waals surface area contributed by atoms with Gasteiger partial charge in [0.25, 0.3) is 12.3 Å². The number of nitrogens with zero attached hydrogens (tertiary/aromatic N) is 5. The van der Waals surface area contributed by atoms with Crippen molar-refractivity contribution in [1.82, 2.24) is 35.3 Å². The number of rotatable bonds is 6. The molecule has 0 saturated heterocycles. The molecule has 0 aromatic carbocycles. The highest BCUT2D eigenvalue weighted by Gasteiger charge is 2.20. The number of H-pyrrole nitrogens is 1. The van der Waals surface area contributed by atoms with Crippen LogP contribution in [0.25, 0.3) is 11.5 Å². The van der Waals surface area contributed by atoms with E-state index in [1.807, 2.05) is 19.1 Å². The molecule has 0 radical (unpaired) electrons. The first-order valence-corrected chi connectivity index (χ1v) is 7.90. The van der Waals surface area contributed by atoms with Crippen LogP contribution in [0.5, 0.6) is 0 Å². The number of alkyl halides is 2. The van der Waals surface area contributed by atoms with E-state index in [2.05, 4.69) is 30.6 Å². The Morgan fingerprint density at radius 3 is 2.88 bits per heavy atom. The predicted molar refractivity (Wildman–Crippen MR) is 88.5 cm³/mol. The standard InChI is InChI=1S/C16H17F2N7O/c1-9-3-5-19-11(7-9)15-22-14(23-24-15)10(2)21-16(26)12-4-6-20-25(12)8-13(17)18/h3-7,10,13H,8H2,1-2H3,(H,21,26)(H,22,23,24). The van der Waals surface area contributed by atoms with Gasteiger partial charge in [0, 0.05) is 12.4 Å². The van der Waals surface area contributed by atoms with Crippen molar-refractivity contribution in [2.75, 3.05) is 0 Å². The van der Waals surface area contributed by atoms with Gasteiger partial charge in [-0.05, 0) is 37.6 Å². The summed E-state index contributed by atoms with van der Waals surface area (Å²) in [5.41, 5.74) is 1.69. The number of pyridine rings is 1. The van der Waals surface area contributed by atoms with Crippen molar-refractivity contribution in [3.8, 4) is 11.5 Å². The van der Waals surface area contributed by atoms with Crippen LogP contribution in [-0.4, -0.2) is 42.3 Å². The molecule has 0 bridgehead atoms. The summed E-state index contributed by atoms with van der Waals surface area (Å²) in [6.45, 7) is 3.00. The smallest absolute Gasteiger partial charge is 0.270 e. The fourth-order valence-electron chi connectivity index (χ4n) is 2.38. The zero-order valence-electron chi connectivity index (χ0n) is 14.1. The van der Waals surface area contributed by atoms with Crippen LogP contribution < -0.4 is 5.32 Å². The fourth-order valence-corrected chi connectivity index (χ4v) is 2.38. The lowest BCUT2D eigenvalue weighted by molar-refractivity contribution is 0.0909. The Kier molecular flexibility index (Phi) is 5.01. The zero-order chi connectivity index (χ0) is 18.7. The molecule has 0 saturated carbocycles. The van der Waals surface area contributed by atoms with Crippen LogP contribution >= 0.6 is 0 Å². The number of aromatic amines is 1. The predicted octanol–water partition coefficient (Wildman–Crippen LogP) is 2.13. The number of amides is 1. The van der Waals surface area contributed by atoms with Crippen LogP contribution in [0, 0.1) is 6.92 Å². The minimum Gasteiger partial charge on any atom is -0.341 e. The van der Waals surface area contributed by atoms with Gasteiger partial charge in [-0.2, -0.15) is 10.2 Å². The van der Waals surface area contributed by atoms with E-state index in [-0.39, 0.29) is 5.69 Å². The molecule has 1 atom stereocenters. The molecule has 3 heterocycles. The second kappa shape index (κ2) is 7.38. The summed E-state index contributed by atoms with van der Waals surface area (Å²) < 4.78 is 26.0. The number of hydrogen-bond acceptors (Lipinski definition) is 5. The Morgan fingerprint density at radius 1 is 1.35 bits per heavy atom. The Morgan fingerprint density at radius 2 is 2.15 bits per heavy atom. The third-order valence-electron chi connectivity index (χ3n) is 3.67. The molecular formula is C16H17F2N7O. The average Bonchev–Trinajstić information content (AvgIpc) is 3.23. The van der Waals surface area contributed by atoms with Crippen molar-refractivity contribution in [2.45, 2.75) is 32.9 Å². The lowest BCUT2D eigenvalue weighted by Crippen LogP contribution is -2.30. The number of aryl methyl sites for hydroxylation is 1. The van der Waals surface area contributed by atoms with Crippen LogP contribution in [0.2, 0.25) is 0 Å². The lowest BCUT2D eigenvalue weighted by atomic mass is 10.2. The largest absolute Gasteiger partial charge is 0.341 e. The summed E-state index contributed by atoms with van der Waals surface area (Å²) in [6, 6.07) is 4.58. The Balaban J connectivity index is 1.72. The molecule has 1 unspecified atom stereocenters. The van der Waals surface area contributed by atoms with Crippen molar-refractivity contribution < 1.29 is 13.6 Å². The van der Waals surface area contributed by atoms with E-state index in [9.17, 15) is 13.6 Å². The Bertz CT molecular complexity index is 905. The third-order valence-corrected chi connectivity index (χ3v) is 3.67. The van der Waals surface area contributed by atoms with Crippen molar-refractivity contribution in [2.24, 2.45) is 0 Å². The monoisotopic (exact) mass is 361 g/mol. The van der Waals surface area contributed by atoms with Gasteiger partial charge in [-0.1, -0.05) is 0 Å². The number of carbonyl (C=O) groups is 1. The maximum absolute atomic E-state index is 12.5. The molecule has 1 amide bonds. The van der Waals surface area contributed by atoms with Crippen molar-refractivity contribution in [3.05, 3.63) is 47.7 Å². The summed E-state index contributed by atoms with van der Waals surface area (Å²) in [6.07, 6.45) is 0.367. The minimum absolute atomic E-state index is 0.0530. The lowest BCUT2D eigenvalue weighted by Gasteiger charge is -2.12. The maximum Gasteiger partial charge on any atom is 0.270 e. The topological polar surface area (TPSA) is 101 Å². The normalized spacial score (nSPS) is 12.3. The average molecular weight is 361 g/mol. The van der Waals surface area contributed by atoms with Gasteiger partial charge >= 0.3 is 0 Å². The van der Waals surface area contributed by atoms with Crippen LogP contribution in [0.4, 0.5) is 8.78 Å². The van der Waals surface area contributed by atoms with Gasteiger partial charge < -0.3 is 5.32 Å². The summed E-state index contributed by atoms with van der Waals surface area (Å²) >= 11 is 0. The van der Waals surface area contributed by atoms with Gasteiger partial charge in [-0.15, -0.1) is 0 Å². The first-order valence-electron chi connectivity index (χ1n) is 7.90. The molecule has 2 N–H and O–H groups in total. The second-order valence-electron chi connectivity index (χ2n) is 5.75. The summed E-state index contributed by atoms with van der Waals surface area (Å²) in [5, 5.41) is 13.3. The van der Waals surface area contributed by atoms with Gasteiger partial charge in [-0.3, -0.25) is 19.6 Å². The number of aromatic nitrogens is 6. The minimum atomic E-state index is -2.60. The fraction of sp³-hybridized carbons (Fsp3) is 0.312. The molecule has 10 heteroatoms. The van der Waals surface area contributed by atoms with Crippen molar-refractivity contribution in [3.63, 3.8) is 0 Å². The summed E-state index contributed by atoms with van der Waals surface area (Å²) in [4.78, 5) is 20.9. The highest BCUT2D eigenvalue weighted by atomic mass is 19.3. The summed E-state index contributed by atoms with van der Waals surface area (Å²) in [5.74, 6) is 0.311. The maximum atomic E-state index is 12.5. The van der Waals surface area contributed by atoms with E-state index < -0.39 is 24.9 Å². The number of carbonyl (C=O) groups excluding carboxylic acids is 1. The van der Waals surface area contributed by atoms with E-state index in [4.69, 9.17) is 0 Å². The molecule has 0 aliphatic carbocycles. The van der Waals surface area contributed by atoms with E-state index in [0.29, 0.717) is 17.3 Å². The highest BCUT2D eigenvalue weighted by molar-refractivity contribution is 5.92. The van der Waals surface area contributed by atoms with E-state index in [0.717, 1.165) is 10.2 Å². The first-order chi connectivity index (χ1) is 12.4. The molecule has 3 aromatic rings. The number of hydrogen-bond donors (Lipinski definition) is 2. The van der Waals surface area contributed by atoms with Crippen molar-refractivity contribution >= 4 is 5.91 Å². The van der Waals surface area contributed by atoms with E-state index in [1.165, 1.54) is 12.3 Å². The van der Waals surface area contributed by atoms with Gasteiger partial charge in [-0.25, -0.2) is 13.8 Å². The first kappa shape index (κ1) is 17.6. The zero-order valence-corrected chi connectivity index (χ0v) is 14.1. The Labute approximate surface area is 147 Å².